The van der Waals surface area contributed by atoms with Crippen LogP contribution in [0, 0.1) is 0 Å². The highest BCUT2D eigenvalue weighted by atomic mass is 32.2. The van der Waals surface area contributed by atoms with Gasteiger partial charge in [0, 0.05) is 6.54 Å². The molecule has 11 heavy (non-hydrogen) atoms. The first-order valence-electron chi connectivity index (χ1n) is 3.29. The predicted molar refractivity (Wildman–Crippen MR) is 46.6 cm³/mol. The number of aliphatic imine (C=N–C) groups is 1. The summed E-state index contributed by atoms with van der Waals surface area (Å²) in [6.07, 6.45) is 3.32. The van der Waals surface area contributed by atoms with Crippen LogP contribution in [-0.4, -0.2) is 21.7 Å². The second-order valence-corrected chi connectivity index (χ2v) is 2.89. The number of nitrogens with zero attached hydrogens (tertiary/aromatic N) is 2. The Hall–Kier alpha value is -0.970. The Bertz CT molecular complexity index is 229. The molecule has 5 heteroatoms. The maximum atomic E-state index is 5.54. The van der Waals surface area contributed by atoms with E-state index in [4.69, 9.17) is 5.73 Å². The van der Waals surface area contributed by atoms with Crippen molar-refractivity contribution in [1.29, 1.82) is 0 Å². The van der Waals surface area contributed by atoms with Crippen molar-refractivity contribution >= 4 is 16.9 Å². The average Bonchev–Trinajstić information content (AvgIpc) is 2.40. The smallest absolute Gasteiger partial charge is 0.160 e. The minimum atomic E-state index is 0.566. The van der Waals surface area contributed by atoms with E-state index in [1.165, 1.54) is 11.8 Å². The van der Waals surface area contributed by atoms with Gasteiger partial charge >= 0.3 is 0 Å². The summed E-state index contributed by atoms with van der Waals surface area (Å²) in [6, 6.07) is 0. The number of nitrogens with two attached hydrogens (primary N) is 1. The van der Waals surface area contributed by atoms with Crippen molar-refractivity contribution in [2.75, 3.05) is 6.54 Å². The van der Waals surface area contributed by atoms with Gasteiger partial charge in [0.15, 0.2) is 5.17 Å². The SMILES string of the molecule is CCN=C(N)Sc1cnc[nH]1. The van der Waals surface area contributed by atoms with Crippen molar-refractivity contribution in [2.45, 2.75) is 11.9 Å². The molecule has 0 fully saturated rings. The molecular weight excluding hydrogens is 160 g/mol. The molecule has 0 saturated heterocycles. The second-order valence-electron chi connectivity index (χ2n) is 1.83. The highest BCUT2D eigenvalue weighted by Gasteiger charge is 1.96. The van der Waals surface area contributed by atoms with Crippen LogP contribution in [0.4, 0.5) is 0 Å². The lowest BCUT2D eigenvalue weighted by Crippen LogP contribution is -2.06. The van der Waals surface area contributed by atoms with E-state index < -0.39 is 0 Å². The first-order chi connectivity index (χ1) is 5.33. The van der Waals surface area contributed by atoms with Gasteiger partial charge in [-0.25, -0.2) is 4.98 Å². The molecule has 0 aliphatic carbocycles. The van der Waals surface area contributed by atoms with Gasteiger partial charge in [0.05, 0.1) is 17.6 Å². The summed E-state index contributed by atoms with van der Waals surface area (Å²) in [5.74, 6) is 0. The van der Waals surface area contributed by atoms with Crippen molar-refractivity contribution in [2.24, 2.45) is 10.7 Å². The van der Waals surface area contributed by atoms with E-state index in [-0.39, 0.29) is 0 Å². The molecule has 0 aliphatic heterocycles. The van der Waals surface area contributed by atoms with E-state index in [9.17, 15) is 0 Å². The van der Waals surface area contributed by atoms with Gasteiger partial charge in [0.25, 0.3) is 0 Å². The summed E-state index contributed by atoms with van der Waals surface area (Å²) in [5, 5.41) is 1.48. The fraction of sp³-hybridized carbons (Fsp3) is 0.333. The lowest BCUT2D eigenvalue weighted by molar-refractivity contribution is 1.13. The van der Waals surface area contributed by atoms with Crippen LogP contribution >= 0.6 is 11.8 Å². The summed E-state index contributed by atoms with van der Waals surface area (Å²) < 4.78 is 0. The Morgan fingerprint density at radius 2 is 2.73 bits per heavy atom. The first kappa shape index (κ1) is 8.13. The molecule has 1 aromatic rings. The molecule has 0 atom stereocenters. The van der Waals surface area contributed by atoms with E-state index in [0.29, 0.717) is 11.7 Å². The van der Waals surface area contributed by atoms with Crippen molar-refractivity contribution in [1.82, 2.24) is 9.97 Å². The molecule has 60 valence electrons. The number of rotatable bonds is 2. The predicted octanol–water partition coefficient (Wildman–Crippen LogP) is 0.836. The molecule has 0 bridgehead atoms. The minimum Gasteiger partial charge on any atom is -0.378 e. The van der Waals surface area contributed by atoms with Crippen molar-refractivity contribution in [3.8, 4) is 0 Å². The highest BCUT2D eigenvalue weighted by molar-refractivity contribution is 8.13. The Morgan fingerprint density at radius 1 is 1.91 bits per heavy atom. The molecule has 1 heterocycles. The number of imidazole rings is 1. The Labute approximate surface area is 69.3 Å². The standard InChI is InChI=1S/C6H10N4S/c1-2-9-6(7)11-5-3-8-4-10-5/h3-4H,2H2,1H3,(H2,7,9)(H,8,10). The minimum absolute atomic E-state index is 0.566. The maximum absolute atomic E-state index is 5.54. The van der Waals surface area contributed by atoms with Gasteiger partial charge in [-0.15, -0.1) is 0 Å². The number of hydrogen-bond acceptors (Lipinski definition) is 3. The van der Waals surface area contributed by atoms with E-state index in [1.54, 1.807) is 12.5 Å². The summed E-state index contributed by atoms with van der Waals surface area (Å²) in [4.78, 5) is 10.8. The summed E-state index contributed by atoms with van der Waals surface area (Å²) in [7, 11) is 0. The molecule has 0 amide bonds. The summed E-state index contributed by atoms with van der Waals surface area (Å²) in [5.41, 5.74) is 5.54. The molecular formula is C6H10N4S. The summed E-state index contributed by atoms with van der Waals surface area (Å²) >= 11 is 1.38. The molecule has 0 unspecified atom stereocenters. The number of hydrogen-bond donors (Lipinski definition) is 2. The van der Waals surface area contributed by atoms with Crippen LogP contribution in [0.15, 0.2) is 22.5 Å². The zero-order valence-corrected chi connectivity index (χ0v) is 7.06. The largest absolute Gasteiger partial charge is 0.378 e. The lowest BCUT2D eigenvalue weighted by atomic mass is 10.8. The third kappa shape index (κ3) is 2.63. The van der Waals surface area contributed by atoms with Gasteiger partial charge < -0.3 is 10.7 Å². The fourth-order valence-corrected chi connectivity index (χ4v) is 1.24. The zero-order valence-electron chi connectivity index (χ0n) is 6.24. The van der Waals surface area contributed by atoms with Crippen molar-refractivity contribution in [3.05, 3.63) is 12.5 Å². The van der Waals surface area contributed by atoms with Crippen LogP contribution in [0.25, 0.3) is 0 Å². The molecule has 0 aromatic carbocycles. The molecule has 0 spiro atoms. The molecule has 1 aromatic heterocycles. The molecule has 0 radical (unpaired) electrons. The Balaban J connectivity index is 2.50. The second kappa shape index (κ2) is 4.02. The topological polar surface area (TPSA) is 67.1 Å². The number of thioether (sulfide) groups is 1. The maximum Gasteiger partial charge on any atom is 0.160 e. The third-order valence-electron chi connectivity index (χ3n) is 1.00. The first-order valence-corrected chi connectivity index (χ1v) is 4.10. The van der Waals surface area contributed by atoms with Crippen molar-refractivity contribution in [3.63, 3.8) is 0 Å². The molecule has 4 nitrogen and oxygen atoms in total. The highest BCUT2D eigenvalue weighted by Crippen LogP contribution is 2.12. The van der Waals surface area contributed by atoms with E-state index >= 15 is 0 Å². The number of nitrogens with one attached hydrogen (secondary N) is 1. The van der Waals surface area contributed by atoms with Gasteiger partial charge in [-0.2, -0.15) is 0 Å². The van der Waals surface area contributed by atoms with Crippen LogP contribution < -0.4 is 5.73 Å². The van der Waals surface area contributed by atoms with Crippen LogP contribution in [0.5, 0.6) is 0 Å². The van der Waals surface area contributed by atoms with Gasteiger partial charge in [-0.05, 0) is 18.7 Å². The molecule has 3 N–H and O–H groups in total. The van der Waals surface area contributed by atoms with Crippen molar-refractivity contribution < 1.29 is 0 Å². The Morgan fingerprint density at radius 3 is 3.27 bits per heavy atom. The fourth-order valence-electron chi connectivity index (χ4n) is 0.600. The Kier molecular flexibility index (Phi) is 2.97. The van der Waals surface area contributed by atoms with Gasteiger partial charge in [0.2, 0.25) is 0 Å². The van der Waals surface area contributed by atoms with E-state index in [2.05, 4.69) is 15.0 Å². The van der Waals surface area contributed by atoms with E-state index in [0.717, 1.165) is 5.03 Å². The lowest BCUT2D eigenvalue weighted by Gasteiger charge is -1.94. The number of aromatic nitrogens is 2. The summed E-state index contributed by atoms with van der Waals surface area (Å²) in [6.45, 7) is 2.66. The molecule has 1 rings (SSSR count). The molecule has 0 saturated carbocycles. The molecule has 0 aliphatic rings. The quantitative estimate of drug-likeness (QED) is 0.392. The van der Waals surface area contributed by atoms with Crippen LogP contribution in [0.3, 0.4) is 0 Å². The average molecular weight is 170 g/mol. The zero-order chi connectivity index (χ0) is 8.10. The monoisotopic (exact) mass is 170 g/mol. The van der Waals surface area contributed by atoms with Crippen LogP contribution in [0.1, 0.15) is 6.92 Å². The third-order valence-corrected chi connectivity index (χ3v) is 1.78. The normalized spacial score (nSPS) is 11.9. The van der Waals surface area contributed by atoms with Crippen LogP contribution in [-0.2, 0) is 0 Å². The van der Waals surface area contributed by atoms with Gasteiger partial charge in [0.1, 0.15) is 0 Å². The van der Waals surface area contributed by atoms with E-state index in [1.807, 2.05) is 6.92 Å². The van der Waals surface area contributed by atoms with Gasteiger partial charge in [-0.1, -0.05) is 0 Å². The van der Waals surface area contributed by atoms with Crippen LogP contribution in [0.2, 0.25) is 0 Å². The number of H-pyrrole nitrogens is 1. The van der Waals surface area contributed by atoms with Gasteiger partial charge in [-0.3, -0.25) is 4.99 Å². The number of amidine groups is 1. The number of aromatic amines is 1.